The van der Waals surface area contributed by atoms with Crippen LogP contribution in [0, 0.1) is 23.2 Å². The van der Waals surface area contributed by atoms with E-state index in [-0.39, 0.29) is 5.54 Å². The fraction of sp³-hybridized carbons (Fsp3) is 1.00. The molecule has 98 valence electrons. The fourth-order valence-corrected chi connectivity index (χ4v) is 5.75. The zero-order valence-corrected chi connectivity index (χ0v) is 11.7. The summed E-state index contributed by atoms with van der Waals surface area (Å²) >= 11 is 0. The quantitative estimate of drug-likeness (QED) is 0.779. The first kappa shape index (κ1) is 12.0. The Morgan fingerprint density at radius 1 is 0.941 bits per heavy atom. The third-order valence-corrected chi connectivity index (χ3v) is 6.30. The van der Waals surface area contributed by atoms with Gasteiger partial charge in [0.1, 0.15) is 0 Å². The summed E-state index contributed by atoms with van der Waals surface area (Å²) in [6.07, 6.45) is 12.8. The van der Waals surface area contributed by atoms with E-state index in [2.05, 4.69) is 13.8 Å². The van der Waals surface area contributed by atoms with Gasteiger partial charge in [-0.2, -0.15) is 0 Å². The molecule has 0 heterocycles. The lowest BCUT2D eigenvalue weighted by atomic mass is 9.47. The van der Waals surface area contributed by atoms with Crippen molar-refractivity contribution in [1.82, 2.24) is 0 Å². The smallest absolute Gasteiger partial charge is 0.0154 e. The maximum atomic E-state index is 6.62. The van der Waals surface area contributed by atoms with E-state index in [1.54, 1.807) is 19.3 Å². The van der Waals surface area contributed by atoms with Gasteiger partial charge in [0.05, 0.1) is 0 Å². The van der Waals surface area contributed by atoms with Crippen LogP contribution in [0.2, 0.25) is 0 Å². The molecule has 0 atom stereocenters. The molecule has 0 aromatic heterocycles. The van der Waals surface area contributed by atoms with Gasteiger partial charge in [0, 0.05) is 5.54 Å². The molecule has 0 aliphatic heterocycles. The summed E-state index contributed by atoms with van der Waals surface area (Å²) in [5.74, 6) is 3.21. The van der Waals surface area contributed by atoms with Crippen molar-refractivity contribution in [2.45, 2.75) is 77.2 Å². The average molecular weight is 235 g/mol. The van der Waals surface area contributed by atoms with Gasteiger partial charge in [-0.3, -0.25) is 0 Å². The second kappa shape index (κ2) is 3.98. The molecule has 4 rings (SSSR count). The first-order valence-electron chi connectivity index (χ1n) is 7.85. The van der Waals surface area contributed by atoms with Gasteiger partial charge in [0.15, 0.2) is 0 Å². The predicted molar refractivity (Wildman–Crippen MR) is 72.7 cm³/mol. The molecule has 0 unspecified atom stereocenters. The van der Waals surface area contributed by atoms with Gasteiger partial charge in [-0.25, -0.2) is 0 Å². The summed E-state index contributed by atoms with van der Waals surface area (Å²) in [5, 5.41) is 0. The largest absolute Gasteiger partial charge is 0.325 e. The van der Waals surface area contributed by atoms with Gasteiger partial charge in [0.2, 0.25) is 0 Å². The van der Waals surface area contributed by atoms with Gasteiger partial charge in [-0.05, 0) is 81.0 Å². The lowest BCUT2D eigenvalue weighted by Gasteiger charge is -2.58. The third-order valence-electron chi connectivity index (χ3n) is 6.30. The van der Waals surface area contributed by atoms with Crippen molar-refractivity contribution in [2.24, 2.45) is 28.9 Å². The van der Waals surface area contributed by atoms with Gasteiger partial charge in [0.25, 0.3) is 0 Å². The molecule has 4 fully saturated rings. The molecule has 0 aromatic carbocycles. The van der Waals surface area contributed by atoms with Crippen molar-refractivity contribution in [3.63, 3.8) is 0 Å². The highest BCUT2D eigenvalue weighted by Gasteiger charge is 2.52. The average Bonchev–Trinajstić information content (AvgIpc) is 2.26. The molecule has 0 aromatic rings. The Morgan fingerprint density at radius 2 is 1.35 bits per heavy atom. The highest BCUT2D eigenvalue weighted by Crippen LogP contribution is 2.62. The maximum absolute atomic E-state index is 6.62. The van der Waals surface area contributed by atoms with E-state index in [0.717, 1.165) is 30.6 Å². The Bertz CT molecular complexity index is 255. The summed E-state index contributed by atoms with van der Waals surface area (Å²) in [7, 11) is 0. The van der Waals surface area contributed by atoms with Crippen molar-refractivity contribution >= 4 is 0 Å². The lowest BCUT2D eigenvalue weighted by molar-refractivity contribution is -0.0688. The summed E-state index contributed by atoms with van der Waals surface area (Å²) in [6, 6.07) is 0. The summed E-state index contributed by atoms with van der Waals surface area (Å²) in [4.78, 5) is 0. The molecule has 1 nitrogen and oxygen atoms in total. The van der Waals surface area contributed by atoms with Crippen LogP contribution in [-0.4, -0.2) is 5.54 Å². The van der Waals surface area contributed by atoms with E-state index in [1.807, 2.05) is 0 Å². The monoisotopic (exact) mass is 235 g/mol. The molecular weight excluding hydrogens is 206 g/mol. The third kappa shape index (κ3) is 2.05. The minimum absolute atomic E-state index is 0.131. The number of hydrogen-bond donors (Lipinski definition) is 1. The van der Waals surface area contributed by atoms with Crippen LogP contribution < -0.4 is 5.73 Å². The Labute approximate surface area is 107 Å². The van der Waals surface area contributed by atoms with E-state index in [9.17, 15) is 0 Å². The van der Waals surface area contributed by atoms with Gasteiger partial charge < -0.3 is 5.73 Å². The second-order valence-corrected chi connectivity index (χ2v) is 7.66. The van der Waals surface area contributed by atoms with Crippen LogP contribution in [0.4, 0.5) is 0 Å². The van der Waals surface area contributed by atoms with E-state index >= 15 is 0 Å². The summed E-state index contributed by atoms with van der Waals surface area (Å²) < 4.78 is 0. The minimum Gasteiger partial charge on any atom is -0.325 e. The normalized spacial score (nSPS) is 44.3. The van der Waals surface area contributed by atoms with Crippen molar-refractivity contribution in [3.05, 3.63) is 0 Å². The molecule has 4 aliphatic rings. The van der Waals surface area contributed by atoms with E-state index in [4.69, 9.17) is 5.73 Å². The molecular formula is C16H29N. The van der Waals surface area contributed by atoms with Crippen molar-refractivity contribution in [1.29, 1.82) is 0 Å². The van der Waals surface area contributed by atoms with Crippen molar-refractivity contribution in [3.8, 4) is 0 Å². The Balaban J connectivity index is 1.78. The van der Waals surface area contributed by atoms with Crippen LogP contribution >= 0.6 is 0 Å². The molecule has 0 saturated heterocycles. The topological polar surface area (TPSA) is 26.0 Å². The molecule has 4 aliphatic carbocycles. The SMILES string of the molecule is CCC(N)(CC)CC12CC3CC(CC(C3)C1)C2. The Hall–Kier alpha value is -0.0400. The lowest BCUT2D eigenvalue weighted by Crippen LogP contribution is -2.52. The van der Waals surface area contributed by atoms with Crippen LogP contribution in [0.25, 0.3) is 0 Å². The first-order chi connectivity index (χ1) is 8.06. The summed E-state index contributed by atoms with van der Waals surface area (Å²) in [5.41, 5.74) is 7.41. The van der Waals surface area contributed by atoms with Crippen LogP contribution in [0.5, 0.6) is 0 Å². The van der Waals surface area contributed by atoms with E-state index < -0.39 is 0 Å². The standard InChI is InChI=1S/C16H29N/c1-3-16(17,4-2)11-15-8-12-5-13(9-15)7-14(6-12)10-15/h12-14H,3-11,17H2,1-2H3. The van der Waals surface area contributed by atoms with Crippen molar-refractivity contribution in [2.75, 3.05) is 0 Å². The number of rotatable bonds is 4. The van der Waals surface area contributed by atoms with E-state index in [0.29, 0.717) is 5.41 Å². The zero-order valence-electron chi connectivity index (χ0n) is 11.7. The number of hydrogen-bond acceptors (Lipinski definition) is 1. The number of nitrogens with two attached hydrogens (primary N) is 1. The Kier molecular flexibility index (Phi) is 2.81. The van der Waals surface area contributed by atoms with Gasteiger partial charge >= 0.3 is 0 Å². The van der Waals surface area contributed by atoms with Crippen LogP contribution in [0.15, 0.2) is 0 Å². The molecule has 0 amide bonds. The summed E-state index contributed by atoms with van der Waals surface area (Å²) in [6.45, 7) is 4.56. The molecule has 1 heteroatoms. The maximum Gasteiger partial charge on any atom is 0.0154 e. The zero-order chi connectivity index (χ0) is 12.1. The molecule has 4 bridgehead atoms. The molecule has 0 spiro atoms. The Morgan fingerprint density at radius 3 is 1.71 bits per heavy atom. The van der Waals surface area contributed by atoms with Gasteiger partial charge in [-0.1, -0.05) is 13.8 Å². The van der Waals surface area contributed by atoms with Crippen LogP contribution in [0.1, 0.15) is 71.6 Å². The molecule has 4 saturated carbocycles. The highest BCUT2D eigenvalue weighted by molar-refractivity contribution is 5.04. The van der Waals surface area contributed by atoms with Crippen LogP contribution in [0.3, 0.4) is 0 Å². The molecule has 0 radical (unpaired) electrons. The van der Waals surface area contributed by atoms with Crippen molar-refractivity contribution < 1.29 is 0 Å². The van der Waals surface area contributed by atoms with Gasteiger partial charge in [-0.15, -0.1) is 0 Å². The van der Waals surface area contributed by atoms with Crippen LogP contribution in [-0.2, 0) is 0 Å². The fourth-order valence-electron chi connectivity index (χ4n) is 5.75. The molecule has 2 N–H and O–H groups in total. The minimum atomic E-state index is 0.131. The predicted octanol–water partition coefficient (Wildman–Crippen LogP) is 4.11. The highest BCUT2D eigenvalue weighted by atomic mass is 14.7. The molecule has 17 heavy (non-hydrogen) atoms. The first-order valence-corrected chi connectivity index (χ1v) is 7.85. The van der Waals surface area contributed by atoms with E-state index in [1.165, 1.54) is 25.7 Å². The second-order valence-electron chi connectivity index (χ2n) is 7.66.